The highest BCUT2D eigenvalue weighted by molar-refractivity contribution is 7.95. The Bertz CT molecular complexity index is 1240. The van der Waals surface area contributed by atoms with E-state index in [0.29, 0.717) is 5.56 Å². The Morgan fingerprint density at radius 3 is 2.17 bits per heavy atom. The second-order valence-corrected chi connectivity index (χ2v) is 8.23. The number of nitrogens with zero attached hydrogens (tertiary/aromatic N) is 1. The molecule has 6 nitrogen and oxygen atoms in total. The number of benzene rings is 2. The molecule has 0 unspecified atom stereocenters. The summed E-state index contributed by atoms with van der Waals surface area (Å²) in [5.41, 5.74) is 6.53. The Balaban J connectivity index is 2.06. The van der Waals surface area contributed by atoms with Crippen LogP contribution in [0.25, 0.3) is 5.76 Å². The van der Waals surface area contributed by atoms with Crippen LogP contribution in [-0.4, -0.2) is 8.42 Å². The molecule has 0 spiro atoms. The van der Waals surface area contributed by atoms with E-state index in [9.17, 15) is 13.7 Å². The second-order valence-electron chi connectivity index (χ2n) is 6.32. The first-order valence-corrected chi connectivity index (χ1v) is 10.2. The Morgan fingerprint density at radius 1 is 0.931 bits per heavy atom. The van der Waals surface area contributed by atoms with E-state index in [4.69, 9.17) is 14.9 Å². The lowest BCUT2D eigenvalue weighted by Crippen LogP contribution is -2.24. The summed E-state index contributed by atoms with van der Waals surface area (Å²) in [4.78, 5) is -0.00283. The average molecular weight is 404 g/mol. The van der Waals surface area contributed by atoms with Gasteiger partial charge in [0.05, 0.1) is 17.1 Å². The summed E-state index contributed by atoms with van der Waals surface area (Å²) in [5, 5.41) is 9.71. The van der Waals surface area contributed by atoms with E-state index in [1.807, 2.05) is 12.1 Å². The molecule has 1 aliphatic rings. The third kappa shape index (κ3) is 3.20. The van der Waals surface area contributed by atoms with Gasteiger partial charge in [0.1, 0.15) is 22.3 Å². The highest BCUT2D eigenvalue weighted by Gasteiger charge is 2.42. The zero-order valence-electron chi connectivity index (χ0n) is 15.1. The summed E-state index contributed by atoms with van der Waals surface area (Å²) >= 11 is 0. The van der Waals surface area contributed by atoms with E-state index in [1.165, 1.54) is 18.4 Å². The third-order valence-corrected chi connectivity index (χ3v) is 6.47. The van der Waals surface area contributed by atoms with Crippen LogP contribution in [0.5, 0.6) is 0 Å². The van der Waals surface area contributed by atoms with Crippen molar-refractivity contribution in [1.82, 2.24) is 0 Å². The summed E-state index contributed by atoms with van der Waals surface area (Å²) in [7, 11) is -4.05. The number of nitrogens with two attached hydrogens (primary N) is 1. The van der Waals surface area contributed by atoms with Gasteiger partial charge in [0.25, 0.3) is 0 Å². The lowest BCUT2D eigenvalue weighted by molar-refractivity contribution is 0.353. The first kappa shape index (κ1) is 18.6. The summed E-state index contributed by atoms with van der Waals surface area (Å²) in [6, 6.07) is 22.0. The van der Waals surface area contributed by atoms with Crippen molar-refractivity contribution in [2.24, 2.45) is 5.73 Å². The average Bonchev–Trinajstić information content (AvgIpc) is 3.28. The minimum atomic E-state index is -4.05. The van der Waals surface area contributed by atoms with E-state index >= 15 is 0 Å². The van der Waals surface area contributed by atoms with Crippen molar-refractivity contribution in [2.75, 3.05) is 0 Å². The van der Waals surface area contributed by atoms with Crippen LogP contribution >= 0.6 is 0 Å². The molecule has 0 saturated carbocycles. The molecule has 0 saturated heterocycles. The van der Waals surface area contributed by atoms with Crippen molar-refractivity contribution in [3.8, 4) is 6.07 Å². The van der Waals surface area contributed by atoms with Gasteiger partial charge in [-0.25, -0.2) is 8.42 Å². The van der Waals surface area contributed by atoms with Crippen LogP contribution in [0.1, 0.15) is 17.2 Å². The number of rotatable bonds is 4. The standard InChI is InChI=1S/C22H16N2O4S/c23-14-17-19(18-12-7-13-27-18)21(29(25,26)16-10-5-2-6-11-16)20(28-22(17)24)15-8-3-1-4-9-15/h1-13,19H,24H2/t19-/m1/s1. The molecule has 2 heterocycles. The van der Waals surface area contributed by atoms with Crippen molar-refractivity contribution < 1.29 is 17.6 Å². The predicted molar refractivity (Wildman–Crippen MR) is 106 cm³/mol. The molecule has 0 fully saturated rings. The summed E-state index contributed by atoms with van der Waals surface area (Å²) in [6.07, 6.45) is 1.42. The fourth-order valence-electron chi connectivity index (χ4n) is 3.26. The van der Waals surface area contributed by atoms with Crippen LogP contribution in [0.4, 0.5) is 0 Å². The predicted octanol–water partition coefficient (Wildman–Crippen LogP) is 3.93. The number of ether oxygens (including phenoxy) is 1. The lowest BCUT2D eigenvalue weighted by Gasteiger charge is -2.27. The fourth-order valence-corrected chi connectivity index (χ4v) is 4.98. The Morgan fingerprint density at radius 2 is 1.59 bits per heavy atom. The van der Waals surface area contributed by atoms with E-state index in [0.717, 1.165) is 0 Å². The molecule has 144 valence electrons. The summed E-state index contributed by atoms with van der Waals surface area (Å²) in [5.74, 6) is -0.813. The molecule has 0 bridgehead atoms. The maximum Gasteiger partial charge on any atom is 0.207 e. The first-order valence-electron chi connectivity index (χ1n) is 8.74. The molecule has 0 amide bonds. The molecule has 3 aromatic rings. The monoisotopic (exact) mass is 404 g/mol. The molecule has 0 aliphatic carbocycles. The van der Waals surface area contributed by atoms with E-state index < -0.39 is 15.8 Å². The normalized spacial score (nSPS) is 17.0. The van der Waals surface area contributed by atoms with Crippen LogP contribution < -0.4 is 5.73 Å². The van der Waals surface area contributed by atoms with Crippen LogP contribution in [0.15, 0.2) is 105 Å². The van der Waals surface area contributed by atoms with Crippen molar-refractivity contribution in [3.05, 3.63) is 107 Å². The fraction of sp³-hybridized carbons (Fsp3) is 0.0455. The molecule has 1 aliphatic heterocycles. The Hall–Kier alpha value is -3.76. The van der Waals surface area contributed by atoms with Gasteiger partial charge in [0.15, 0.2) is 5.76 Å². The van der Waals surface area contributed by atoms with Crippen molar-refractivity contribution in [1.29, 1.82) is 5.26 Å². The van der Waals surface area contributed by atoms with Gasteiger partial charge in [-0.2, -0.15) is 5.26 Å². The molecule has 2 N–H and O–H groups in total. The SMILES string of the molecule is N#CC1=C(N)OC(c2ccccc2)=C(S(=O)(=O)c2ccccc2)[C@H]1c1ccco1. The van der Waals surface area contributed by atoms with Crippen molar-refractivity contribution >= 4 is 15.6 Å². The third-order valence-electron chi connectivity index (χ3n) is 4.58. The molecule has 29 heavy (non-hydrogen) atoms. The van der Waals surface area contributed by atoms with Gasteiger partial charge < -0.3 is 14.9 Å². The van der Waals surface area contributed by atoms with Gasteiger partial charge in [0, 0.05) is 5.56 Å². The number of furan rings is 1. The van der Waals surface area contributed by atoms with E-state index in [2.05, 4.69) is 0 Å². The molecule has 7 heteroatoms. The lowest BCUT2D eigenvalue weighted by atomic mass is 9.93. The van der Waals surface area contributed by atoms with Crippen molar-refractivity contribution in [2.45, 2.75) is 10.8 Å². The quantitative estimate of drug-likeness (QED) is 0.706. The molecule has 4 rings (SSSR count). The highest BCUT2D eigenvalue weighted by atomic mass is 32.2. The Labute approximate surface area is 168 Å². The van der Waals surface area contributed by atoms with Crippen LogP contribution in [0.3, 0.4) is 0 Å². The molecular weight excluding hydrogens is 388 g/mol. The van der Waals surface area contributed by atoms with Gasteiger partial charge in [-0.3, -0.25) is 0 Å². The zero-order chi connectivity index (χ0) is 20.4. The smallest absolute Gasteiger partial charge is 0.207 e. The van der Waals surface area contributed by atoms with E-state index in [1.54, 1.807) is 54.6 Å². The van der Waals surface area contributed by atoms with Gasteiger partial charge in [-0.1, -0.05) is 48.5 Å². The van der Waals surface area contributed by atoms with Gasteiger partial charge in [-0.15, -0.1) is 0 Å². The molecule has 0 radical (unpaired) electrons. The maximum atomic E-state index is 13.7. The molecule has 2 aromatic carbocycles. The Kier molecular flexibility index (Phi) is 4.71. The van der Waals surface area contributed by atoms with Gasteiger partial charge in [-0.05, 0) is 24.3 Å². The summed E-state index contributed by atoms with van der Waals surface area (Å²) in [6.45, 7) is 0. The number of hydrogen-bond acceptors (Lipinski definition) is 6. The maximum absolute atomic E-state index is 13.7. The van der Waals surface area contributed by atoms with Crippen LogP contribution in [0.2, 0.25) is 0 Å². The topological polar surface area (TPSA) is 106 Å². The number of sulfone groups is 1. The minimum Gasteiger partial charge on any atom is -0.468 e. The summed E-state index contributed by atoms with van der Waals surface area (Å²) < 4.78 is 38.6. The minimum absolute atomic E-state index is 0.0193. The van der Waals surface area contributed by atoms with E-state index in [-0.39, 0.29) is 32.8 Å². The zero-order valence-corrected chi connectivity index (χ0v) is 16.0. The van der Waals surface area contributed by atoms with Crippen LogP contribution in [-0.2, 0) is 14.6 Å². The molecular formula is C22H16N2O4S. The number of allylic oxidation sites excluding steroid dienone is 2. The number of nitriles is 1. The highest BCUT2D eigenvalue weighted by Crippen LogP contribution is 2.46. The number of hydrogen-bond donors (Lipinski definition) is 1. The van der Waals surface area contributed by atoms with Crippen molar-refractivity contribution in [3.63, 3.8) is 0 Å². The van der Waals surface area contributed by atoms with Gasteiger partial charge >= 0.3 is 0 Å². The first-order chi connectivity index (χ1) is 14.0. The van der Waals surface area contributed by atoms with Gasteiger partial charge in [0.2, 0.25) is 15.7 Å². The molecule has 1 aromatic heterocycles. The largest absolute Gasteiger partial charge is 0.468 e. The van der Waals surface area contributed by atoms with Crippen LogP contribution in [0, 0.1) is 11.3 Å². The molecule has 1 atom stereocenters. The second kappa shape index (κ2) is 7.34.